The fourth-order valence-electron chi connectivity index (χ4n) is 0. The van der Waals surface area contributed by atoms with Crippen LogP contribution in [0.3, 0.4) is 0 Å². The molecule has 0 aromatic rings. The summed E-state index contributed by atoms with van der Waals surface area (Å²) < 4.78 is 0. The molecule has 0 aliphatic rings. The van der Waals surface area contributed by atoms with E-state index in [1.165, 1.54) is 0 Å². The van der Waals surface area contributed by atoms with Crippen molar-refractivity contribution in [2.45, 2.75) is 13.0 Å². The lowest BCUT2D eigenvalue weighted by Crippen LogP contribution is -1.98. The highest BCUT2D eigenvalue weighted by atomic mass is 79.9. The zero-order chi connectivity index (χ0) is 4.28. The molecule has 40 valence electrons. The fraction of sp³-hybridized carbons (Fsp3) is 1.00. The topological polar surface area (TPSA) is 20.2 Å². The van der Waals surface area contributed by atoms with Gasteiger partial charge in [-0.3, -0.25) is 0 Å². The molecule has 0 rings (SSSR count). The second-order valence-corrected chi connectivity index (χ2v) is 1.31. The van der Waals surface area contributed by atoms with E-state index in [0.717, 1.165) is 0 Å². The Morgan fingerprint density at radius 3 is 2.00 bits per heavy atom. The molecule has 0 aliphatic carbocycles. The van der Waals surface area contributed by atoms with E-state index in [4.69, 9.17) is 16.7 Å². The lowest BCUT2D eigenvalue weighted by atomic mass is 10.5. The van der Waals surface area contributed by atoms with Crippen molar-refractivity contribution in [2.75, 3.05) is 5.88 Å². The van der Waals surface area contributed by atoms with Crippen molar-refractivity contribution >= 4 is 28.6 Å². The van der Waals surface area contributed by atoms with Gasteiger partial charge in [0.15, 0.2) is 0 Å². The fourth-order valence-corrected chi connectivity index (χ4v) is 0. The predicted molar refractivity (Wildman–Crippen MR) is 32.7 cm³/mol. The average molecular weight is 175 g/mol. The second kappa shape index (κ2) is 5.73. The summed E-state index contributed by atoms with van der Waals surface area (Å²) in [6.45, 7) is 1.65. The Morgan fingerprint density at radius 1 is 1.83 bits per heavy atom. The van der Waals surface area contributed by atoms with Crippen LogP contribution in [0.4, 0.5) is 0 Å². The molecule has 0 saturated heterocycles. The largest absolute Gasteiger partial charge is 0.392 e. The third kappa shape index (κ3) is 8.83. The summed E-state index contributed by atoms with van der Waals surface area (Å²) in [7, 11) is 0. The van der Waals surface area contributed by atoms with Crippen molar-refractivity contribution in [1.29, 1.82) is 0 Å². The summed E-state index contributed by atoms with van der Waals surface area (Å²) in [6, 6.07) is 0. The molecule has 0 fully saturated rings. The van der Waals surface area contributed by atoms with Gasteiger partial charge in [0, 0.05) is 5.88 Å². The molecule has 0 radical (unpaired) electrons. The summed E-state index contributed by atoms with van der Waals surface area (Å²) in [5, 5.41) is 8.23. The van der Waals surface area contributed by atoms with Crippen LogP contribution < -0.4 is 0 Å². The van der Waals surface area contributed by atoms with E-state index < -0.39 is 0 Å². The van der Waals surface area contributed by atoms with E-state index in [0.29, 0.717) is 5.88 Å². The molecule has 1 N–H and O–H groups in total. The van der Waals surface area contributed by atoms with Crippen molar-refractivity contribution < 1.29 is 5.11 Å². The maximum atomic E-state index is 8.23. The third-order valence-electron chi connectivity index (χ3n) is 0.223. The normalized spacial score (nSPS) is 12.5. The van der Waals surface area contributed by atoms with Gasteiger partial charge >= 0.3 is 0 Å². The van der Waals surface area contributed by atoms with Gasteiger partial charge in [0.1, 0.15) is 0 Å². The summed E-state index contributed by atoms with van der Waals surface area (Å²) in [6.07, 6.45) is -0.350. The molecular weight excluding hydrogens is 167 g/mol. The van der Waals surface area contributed by atoms with Gasteiger partial charge in [-0.1, -0.05) is 0 Å². The standard InChI is InChI=1S/C3H7ClO.BrH/c1-3(5)2-4;/h3,5H,2H2,1H3;1H. The number of hydrogen-bond donors (Lipinski definition) is 1. The Hall–Kier alpha value is 0.730. The Labute approximate surface area is 53.1 Å². The van der Waals surface area contributed by atoms with Crippen molar-refractivity contribution in [2.24, 2.45) is 0 Å². The Balaban J connectivity index is 0. The molecular formula is C3H8BrClO. The molecule has 0 amide bonds. The molecule has 0 saturated carbocycles. The molecule has 0 aromatic heterocycles. The number of halogens is 2. The van der Waals surface area contributed by atoms with E-state index in [-0.39, 0.29) is 23.1 Å². The summed E-state index contributed by atoms with van der Waals surface area (Å²) in [5.41, 5.74) is 0. The summed E-state index contributed by atoms with van der Waals surface area (Å²) in [4.78, 5) is 0. The maximum absolute atomic E-state index is 8.23. The van der Waals surface area contributed by atoms with Gasteiger partial charge in [-0.25, -0.2) is 0 Å². The van der Waals surface area contributed by atoms with Crippen LogP contribution in [0, 0.1) is 0 Å². The van der Waals surface area contributed by atoms with Crippen LogP contribution in [0.2, 0.25) is 0 Å². The number of hydrogen-bond acceptors (Lipinski definition) is 1. The van der Waals surface area contributed by atoms with Gasteiger partial charge in [0.25, 0.3) is 0 Å². The third-order valence-corrected chi connectivity index (χ3v) is 0.670. The van der Waals surface area contributed by atoms with Crippen LogP contribution in [0.5, 0.6) is 0 Å². The van der Waals surface area contributed by atoms with E-state index >= 15 is 0 Å². The Kier molecular flexibility index (Phi) is 9.43. The van der Waals surface area contributed by atoms with Crippen LogP contribution in [0.15, 0.2) is 0 Å². The molecule has 0 aromatic carbocycles. The van der Waals surface area contributed by atoms with Gasteiger partial charge in [0.2, 0.25) is 0 Å². The first-order valence-electron chi connectivity index (χ1n) is 1.51. The van der Waals surface area contributed by atoms with Crippen LogP contribution in [-0.4, -0.2) is 17.1 Å². The zero-order valence-electron chi connectivity index (χ0n) is 3.52. The zero-order valence-corrected chi connectivity index (χ0v) is 5.99. The highest BCUT2D eigenvalue weighted by Gasteiger charge is 1.83. The SMILES string of the molecule is Br.CC(O)CCl. The molecule has 0 spiro atoms. The summed E-state index contributed by atoms with van der Waals surface area (Å²) >= 11 is 5.09. The van der Waals surface area contributed by atoms with Crippen LogP contribution in [-0.2, 0) is 0 Å². The Morgan fingerprint density at radius 2 is 2.00 bits per heavy atom. The van der Waals surface area contributed by atoms with Crippen LogP contribution in [0.25, 0.3) is 0 Å². The predicted octanol–water partition coefficient (Wildman–Crippen LogP) is 1.18. The number of rotatable bonds is 1. The molecule has 1 unspecified atom stereocenters. The highest BCUT2D eigenvalue weighted by molar-refractivity contribution is 8.93. The molecule has 3 heteroatoms. The first-order valence-corrected chi connectivity index (χ1v) is 2.05. The number of alkyl halides is 1. The number of aliphatic hydroxyl groups excluding tert-OH is 1. The second-order valence-electron chi connectivity index (χ2n) is 1.00. The van der Waals surface area contributed by atoms with Crippen molar-refractivity contribution in [3.63, 3.8) is 0 Å². The van der Waals surface area contributed by atoms with Crippen LogP contribution in [0.1, 0.15) is 6.92 Å². The number of aliphatic hydroxyl groups is 1. The van der Waals surface area contributed by atoms with E-state index in [9.17, 15) is 0 Å². The van der Waals surface area contributed by atoms with Crippen LogP contribution >= 0.6 is 28.6 Å². The first-order chi connectivity index (χ1) is 2.27. The van der Waals surface area contributed by atoms with Gasteiger partial charge < -0.3 is 5.11 Å². The highest BCUT2D eigenvalue weighted by Crippen LogP contribution is 1.80. The van der Waals surface area contributed by atoms with E-state index in [2.05, 4.69) is 0 Å². The smallest absolute Gasteiger partial charge is 0.0647 e. The van der Waals surface area contributed by atoms with Gasteiger partial charge in [-0.05, 0) is 6.92 Å². The summed E-state index contributed by atoms with van der Waals surface area (Å²) in [5.74, 6) is 0.333. The minimum absolute atomic E-state index is 0. The first kappa shape index (κ1) is 9.88. The maximum Gasteiger partial charge on any atom is 0.0647 e. The molecule has 6 heavy (non-hydrogen) atoms. The quantitative estimate of drug-likeness (QED) is 0.594. The minimum Gasteiger partial charge on any atom is -0.392 e. The molecule has 1 atom stereocenters. The Bertz CT molecular complexity index is 24.8. The van der Waals surface area contributed by atoms with Gasteiger partial charge in [-0.2, -0.15) is 0 Å². The van der Waals surface area contributed by atoms with Gasteiger partial charge in [-0.15, -0.1) is 28.6 Å². The van der Waals surface area contributed by atoms with Gasteiger partial charge in [0.05, 0.1) is 6.10 Å². The van der Waals surface area contributed by atoms with E-state index in [1.54, 1.807) is 6.92 Å². The van der Waals surface area contributed by atoms with Crippen molar-refractivity contribution in [1.82, 2.24) is 0 Å². The molecule has 1 nitrogen and oxygen atoms in total. The molecule has 0 aliphatic heterocycles. The lowest BCUT2D eigenvalue weighted by Gasteiger charge is -1.88. The van der Waals surface area contributed by atoms with Crippen molar-refractivity contribution in [3.8, 4) is 0 Å². The monoisotopic (exact) mass is 174 g/mol. The minimum atomic E-state index is -0.350. The molecule has 0 heterocycles. The molecule has 0 bridgehead atoms. The van der Waals surface area contributed by atoms with Crippen molar-refractivity contribution in [3.05, 3.63) is 0 Å². The van der Waals surface area contributed by atoms with E-state index in [1.807, 2.05) is 0 Å². The average Bonchev–Trinajstić information content (AvgIpc) is 1.38. The lowest BCUT2D eigenvalue weighted by molar-refractivity contribution is 0.219.